The first-order valence-corrected chi connectivity index (χ1v) is 13.7. The van der Waals surface area contributed by atoms with Crippen LogP contribution in [0.5, 0.6) is 0 Å². The molecule has 0 radical (unpaired) electrons. The van der Waals surface area contributed by atoms with E-state index in [2.05, 4.69) is 66.7 Å². The summed E-state index contributed by atoms with van der Waals surface area (Å²) in [6.45, 7) is 0. The molecule has 9 aromatic rings. The van der Waals surface area contributed by atoms with Crippen molar-refractivity contribution in [1.29, 1.82) is 0 Å². The fraction of sp³-hybridized carbons (Fsp3) is 0. The van der Waals surface area contributed by atoms with Crippen LogP contribution in [-0.4, -0.2) is 15.0 Å². The highest BCUT2D eigenvalue weighted by molar-refractivity contribution is 6.37. The lowest BCUT2D eigenvalue weighted by Gasteiger charge is -2.12. The van der Waals surface area contributed by atoms with E-state index in [1.54, 1.807) is 0 Å². The van der Waals surface area contributed by atoms with E-state index in [1.807, 2.05) is 60.7 Å². The molecule has 4 nitrogen and oxygen atoms in total. The highest BCUT2D eigenvalue weighted by Crippen LogP contribution is 2.45. The van der Waals surface area contributed by atoms with E-state index >= 15 is 0 Å². The molecule has 41 heavy (non-hydrogen) atoms. The van der Waals surface area contributed by atoms with Crippen molar-refractivity contribution in [2.24, 2.45) is 0 Å². The van der Waals surface area contributed by atoms with Crippen molar-refractivity contribution in [3.63, 3.8) is 0 Å². The molecule has 0 aliphatic carbocycles. The van der Waals surface area contributed by atoms with Gasteiger partial charge in [-0.3, -0.25) is 0 Å². The zero-order valence-electron chi connectivity index (χ0n) is 21.9. The van der Waals surface area contributed by atoms with E-state index in [0.717, 1.165) is 38.6 Å². The zero-order valence-corrected chi connectivity index (χ0v) is 21.9. The second kappa shape index (κ2) is 8.44. The summed E-state index contributed by atoms with van der Waals surface area (Å²) in [6.07, 6.45) is 0. The van der Waals surface area contributed by atoms with E-state index in [-0.39, 0.29) is 0 Å². The average molecular weight is 524 g/mol. The molecule has 0 atom stereocenters. The van der Waals surface area contributed by atoms with Gasteiger partial charge in [-0.2, -0.15) is 0 Å². The molecule has 0 aliphatic rings. The Morgan fingerprint density at radius 3 is 1.71 bits per heavy atom. The highest BCUT2D eigenvalue weighted by Gasteiger charge is 2.21. The molecule has 0 bridgehead atoms. The summed E-state index contributed by atoms with van der Waals surface area (Å²) in [5.74, 6) is 1.90. The fourth-order valence-corrected chi connectivity index (χ4v) is 6.22. The monoisotopic (exact) mass is 523 g/mol. The minimum absolute atomic E-state index is 0.615. The van der Waals surface area contributed by atoms with Gasteiger partial charge in [0, 0.05) is 27.5 Å². The van der Waals surface area contributed by atoms with Gasteiger partial charge in [0.15, 0.2) is 17.5 Å². The second-order valence-electron chi connectivity index (χ2n) is 10.4. The third kappa shape index (κ3) is 3.31. The van der Waals surface area contributed by atoms with Crippen molar-refractivity contribution in [2.75, 3.05) is 0 Å². The molecule has 0 saturated carbocycles. The van der Waals surface area contributed by atoms with Crippen molar-refractivity contribution in [3.05, 3.63) is 127 Å². The molecule has 0 spiro atoms. The van der Waals surface area contributed by atoms with Crippen LogP contribution in [-0.2, 0) is 0 Å². The number of rotatable bonds is 3. The number of hydrogen-bond acceptors (Lipinski definition) is 4. The van der Waals surface area contributed by atoms with Gasteiger partial charge in [-0.15, -0.1) is 0 Å². The molecule has 0 aliphatic heterocycles. The quantitative estimate of drug-likeness (QED) is 0.216. The van der Waals surface area contributed by atoms with Gasteiger partial charge in [0.05, 0.1) is 0 Å². The minimum atomic E-state index is 0.615. The Labute approximate surface area is 234 Å². The van der Waals surface area contributed by atoms with Crippen molar-refractivity contribution in [1.82, 2.24) is 15.0 Å². The third-order valence-electron chi connectivity index (χ3n) is 8.04. The smallest absolute Gasteiger partial charge is 0.164 e. The Hall–Kier alpha value is -5.61. The predicted octanol–water partition coefficient (Wildman–Crippen LogP) is 9.67. The van der Waals surface area contributed by atoms with Crippen molar-refractivity contribution in [2.45, 2.75) is 0 Å². The topological polar surface area (TPSA) is 51.8 Å². The fourth-order valence-electron chi connectivity index (χ4n) is 6.22. The van der Waals surface area contributed by atoms with E-state index in [9.17, 15) is 0 Å². The Morgan fingerprint density at radius 1 is 0.366 bits per heavy atom. The number of benzene rings is 7. The number of nitrogens with zero attached hydrogens (tertiary/aromatic N) is 3. The summed E-state index contributed by atoms with van der Waals surface area (Å²) in [6, 6.07) is 43.8. The van der Waals surface area contributed by atoms with E-state index in [4.69, 9.17) is 19.4 Å². The SMILES string of the molecule is c1ccc(-c2nc(-c3ccccc3)nc(-c3cc4oc5cccc6c7c8ccccc8ccc7c(c3)c4c56)n2)cc1. The molecule has 0 N–H and O–H groups in total. The van der Waals surface area contributed by atoms with Crippen LogP contribution in [0.4, 0.5) is 0 Å². The van der Waals surface area contributed by atoms with E-state index in [1.165, 1.54) is 32.3 Å². The Morgan fingerprint density at radius 2 is 0.976 bits per heavy atom. The van der Waals surface area contributed by atoms with E-state index in [0.29, 0.717) is 17.5 Å². The molecule has 0 amide bonds. The van der Waals surface area contributed by atoms with Gasteiger partial charge in [-0.1, -0.05) is 109 Å². The van der Waals surface area contributed by atoms with Crippen LogP contribution in [0.2, 0.25) is 0 Å². The van der Waals surface area contributed by atoms with Crippen LogP contribution < -0.4 is 0 Å². The van der Waals surface area contributed by atoms with Gasteiger partial charge in [-0.25, -0.2) is 15.0 Å². The summed E-state index contributed by atoms with van der Waals surface area (Å²) in [4.78, 5) is 14.9. The van der Waals surface area contributed by atoms with Gasteiger partial charge in [-0.05, 0) is 50.5 Å². The standard InChI is InChI=1S/C37H21N3O/c1-3-11-23(12-4-1)35-38-36(24-13-5-2-6-14-24)40-37(39-35)25-20-29-27-19-18-22-10-7-8-15-26(22)32(27)28-16-9-17-30-33(28)34(29)31(21-25)41-30/h1-21H. The lowest BCUT2D eigenvalue weighted by molar-refractivity contribution is 0.669. The van der Waals surface area contributed by atoms with Crippen LogP contribution in [0.15, 0.2) is 132 Å². The van der Waals surface area contributed by atoms with Crippen LogP contribution in [0.3, 0.4) is 0 Å². The number of furan rings is 1. The van der Waals surface area contributed by atoms with Crippen molar-refractivity contribution < 1.29 is 4.42 Å². The molecule has 2 heterocycles. The van der Waals surface area contributed by atoms with Crippen LogP contribution in [0.25, 0.3) is 88.4 Å². The van der Waals surface area contributed by atoms with Crippen molar-refractivity contribution in [3.8, 4) is 34.2 Å². The molecular weight excluding hydrogens is 502 g/mol. The maximum atomic E-state index is 6.52. The molecule has 9 rings (SSSR count). The maximum Gasteiger partial charge on any atom is 0.164 e. The third-order valence-corrected chi connectivity index (χ3v) is 8.04. The Kier molecular flexibility index (Phi) is 4.58. The number of aromatic nitrogens is 3. The largest absolute Gasteiger partial charge is 0.456 e. The highest BCUT2D eigenvalue weighted by atomic mass is 16.3. The first-order chi connectivity index (χ1) is 20.3. The molecule has 0 fully saturated rings. The second-order valence-corrected chi connectivity index (χ2v) is 10.4. The van der Waals surface area contributed by atoms with Crippen LogP contribution >= 0.6 is 0 Å². The predicted molar refractivity (Wildman–Crippen MR) is 167 cm³/mol. The first-order valence-electron chi connectivity index (χ1n) is 13.7. The molecule has 4 heteroatoms. The Bertz CT molecular complexity index is 2350. The van der Waals surface area contributed by atoms with Crippen LogP contribution in [0.1, 0.15) is 0 Å². The average Bonchev–Trinajstić information content (AvgIpc) is 3.43. The lowest BCUT2D eigenvalue weighted by Crippen LogP contribution is -2.00. The minimum Gasteiger partial charge on any atom is -0.456 e. The molecular formula is C37H21N3O. The summed E-state index contributed by atoms with van der Waals surface area (Å²) in [7, 11) is 0. The molecule has 2 aromatic heterocycles. The Balaban J connectivity index is 1.39. The summed E-state index contributed by atoms with van der Waals surface area (Å²) >= 11 is 0. The first kappa shape index (κ1) is 22.2. The van der Waals surface area contributed by atoms with Crippen molar-refractivity contribution >= 4 is 54.3 Å². The zero-order chi connectivity index (χ0) is 26.9. The summed E-state index contributed by atoms with van der Waals surface area (Å²) < 4.78 is 6.52. The summed E-state index contributed by atoms with van der Waals surface area (Å²) in [5, 5.41) is 9.55. The molecule has 7 aromatic carbocycles. The normalized spacial score (nSPS) is 11.9. The molecule has 190 valence electrons. The van der Waals surface area contributed by atoms with E-state index < -0.39 is 0 Å². The van der Waals surface area contributed by atoms with Gasteiger partial charge in [0.1, 0.15) is 11.2 Å². The van der Waals surface area contributed by atoms with Gasteiger partial charge in [0.25, 0.3) is 0 Å². The number of fused-ring (bicyclic) bond motifs is 5. The van der Waals surface area contributed by atoms with Gasteiger partial charge >= 0.3 is 0 Å². The lowest BCUT2D eigenvalue weighted by atomic mass is 9.90. The maximum absolute atomic E-state index is 6.52. The number of hydrogen-bond donors (Lipinski definition) is 0. The summed E-state index contributed by atoms with van der Waals surface area (Å²) in [5.41, 5.74) is 4.51. The van der Waals surface area contributed by atoms with Gasteiger partial charge in [0.2, 0.25) is 0 Å². The molecule has 0 saturated heterocycles. The molecule has 0 unspecified atom stereocenters. The van der Waals surface area contributed by atoms with Crippen LogP contribution in [0, 0.1) is 0 Å². The van der Waals surface area contributed by atoms with Gasteiger partial charge < -0.3 is 4.42 Å².